The molecule has 8 nitrogen and oxygen atoms in total. The summed E-state index contributed by atoms with van der Waals surface area (Å²) in [5, 5.41) is 3.37. The summed E-state index contributed by atoms with van der Waals surface area (Å²) in [6, 6.07) is 7.93. The summed E-state index contributed by atoms with van der Waals surface area (Å²) < 4.78 is 7.42. The van der Waals surface area contributed by atoms with Crippen LogP contribution in [0.2, 0.25) is 0 Å². The van der Waals surface area contributed by atoms with Crippen molar-refractivity contribution in [3.05, 3.63) is 30.1 Å². The molecule has 1 aliphatic carbocycles. The second kappa shape index (κ2) is 9.30. The highest BCUT2D eigenvalue weighted by atomic mass is 16.5. The van der Waals surface area contributed by atoms with Crippen molar-refractivity contribution in [3.63, 3.8) is 0 Å². The summed E-state index contributed by atoms with van der Waals surface area (Å²) >= 11 is 0. The van der Waals surface area contributed by atoms with Crippen LogP contribution < -0.4 is 5.32 Å². The van der Waals surface area contributed by atoms with E-state index < -0.39 is 5.54 Å². The molecule has 3 aliphatic rings. The summed E-state index contributed by atoms with van der Waals surface area (Å²) in [5.41, 5.74) is 0.705. The fourth-order valence-corrected chi connectivity index (χ4v) is 5.86. The Balaban J connectivity index is 1.45. The van der Waals surface area contributed by atoms with E-state index in [0.717, 1.165) is 43.5 Å². The van der Waals surface area contributed by atoms with Gasteiger partial charge < -0.3 is 19.5 Å². The van der Waals surface area contributed by atoms with Gasteiger partial charge in [-0.1, -0.05) is 38.8 Å². The highest BCUT2D eigenvalue weighted by Crippen LogP contribution is 2.33. The second-order valence-corrected chi connectivity index (χ2v) is 10.5. The molecular formula is C26H37N5O3. The van der Waals surface area contributed by atoms with Gasteiger partial charge in [0.05, 0.1) is 30.8 Å². The largest absolute Gasteiger partial charge is 0.379 e. The molecule has 4 atom stereocenters. The summed E-state index contributed by atoms with van der Waals surface area (Å²) in [6.07, 6.45) is 3.33. The van der Waals surface area contributed by atoms with Gasteiger partial charge in [-0.05, 0) is 37.3 Å². The standard InChI is InChI=1S/C26H37N5O3/c1-18-7-6-9-20(19(18)2)28-25(33)26(3)17-30-22-10-5-4-8-21(22)27-23(30)24(32)31(26)12-11-29-13-15-34-16-14-29/h4-5,8,10,18-20H,6-7,9,11-17H2,1-3H3,(H,28,33). The average Bonchev–Trinajstić information content (AvgIpc) is 3.21. The van der Waals surface area contributed by atoms with Gasteiger partial charge in [0.25, 0.3) is 5.91 Å². The minimum Gasteiger partial charge on any atom is -0.379 e. The number of fused-ring (bicyclic) bond motifs is 3. The number of para-hydroxylation sites is 2. The molecule has 1 N–H and O–H groups in total. The maximum atomic E-state index is 13.9. The fraction of sp³-hybridized carbons (Fsp3) is 0.654. The van der Waals surface area contributed by atoms with E-state index in [2.05, 4.69) is 29.0 Å². The average molecular weight is 468 g/mol. The number of imidazole rings is 1. The lowest BCUT2D eigenvalue weighted by Gasteiger charge is -2.45. The van der Waals surface area contributed by atoms with Crippen LogP contribution >= 0.6 is 0 Å². The van der Waals surface area contributed by atoms with Crippen LogP contribution in [0.5, 0.6) is 0 Å². The summed E-state index contributed by atoms with van der Waals surface area (Å²) in [4.78, 5) is 36.5. The number of hydrogen-bond donors (Lipinski definition) is 1. The first kappa shape index (κ1) is 23.3. The first-order chi connectivity index (χ1) is 16.4. The Morgan fingerprint density at radius 1 is 1.18 bits per heavy atom. The SMILES string of the molecule is CC1CCCC(NC(=O)C2(C)Cn3c(nc4ccccc43)C(=O)N2CCN2CCOCC2)C1C. The Morgan fingerprint density at radius 2 is 1.94 bits per heavy atom. The molecule has 4 unspecified atom stereocenters. The predicted molar refractivity (Wildman–Crippen MR) is 131 cm³/mol. The van der Waals surface area contributed by atoms with Gasteiger partial charge in [0, 0.05) is 32.2 Å². The molecule has 8 heteroatoms. The Labute approximate surface area is 201 Å². The van der Waals surface area contributed by atoms with Gasteiger partial charge in [0.15, 0.2) is 5.82 Å². The lowest BCUT2D eigenvalue weighted by atomic mass is 9.77. The van der Waals surface area contributed by atoms with E-state index in [4.69, 9.17) is 4.74 Å². The van der Waals surface area contributed by atoms with Crippen molar-refractivity contribution in [3.8, 4) is 0 Å². The monoisotopic (exact) mass is 467 g/mol. The van der Waals surface area contributed by atoms with Crippen LogP contribution in [0.3, 0.4) is 0 Å². The van der Waals surface area contributed by atoms with Crippen molar-refractivity contribution >= 4 is 22.8 Å². The number of aromatic nitrogens is 2. The molecule has 0 spiro atoms. The number of amides is 2. The van der Waals surface area contributed by atoms with E-state index in [1.807, 2.05) is 35.8 Å². The summed E-state index contributed by atoms with van der Waals surface area (Å²) in [7, 11) is 0. The number of benzene rings is 1. The third kappa shape index (κ3) is 4.11. The summed E-state index contributed by atoms with van der Waals surface area (Å²) in [6.45, 7) is 11.2. The van der Waals surface area contributed by atoms with E-state index in [0.29, 0.717) is 44.0 Å². The first-order valence-corrected chi connectivity index (χ1v) is 12.8. The number of carbonyl (C=O) groups excluding carboxylic acids is 2. The smallest absolute Gasteiger partial charge is 0.290 e. The highest BCUT2D eigenvalue weighted by Gasteiger charge is 2.49. The quantitative estimate of drug-likeness (QED) is 0.731. The van der Waals surface area contributed by atoms with Crippen LogP contribution in [-0.2, 0) is 16.1 Å². The van der Waals surface area contributed by atoms with E-state index in [1.54, 1.807) is 4.90 Å². The maximum Gasteiger partial charge on any atom is 0.290 e. The van der Waals surface area contributed by atoms with Crippen LogP contribution in [0, 0.1) is 11.8 Å². The van der Waals surface area contributed by atoms with Gasteiger partial charge in [-0.25, -0.2) is 4.98 Å². The van der Waals surface area contributed by atoms with Gasteiger partial charge in [0.1, 0.15) is 5.54 Å². The topological polar surface area (TPSA) is 79.7 Å². The third-order valence-electron chi connectivity index (χ3n) is 8.41. The minimum absolute atomic E-state index is 0.0581. The molecule has 34 heavy (non-hydrogen) atoms. The molecule has 1 aromatic heterocycles. The van der Waals surface area contributed by atoms with E-state index in [1.165, 1.54) is 6.42 Å². The van der Waals surface area contributed by atoms with Crippen LogP contribution in [-0.4, -0.2) is 82.1 Å². The van der Waals surface area contributed by atoms with Crippen LogP contribution in [0.25, 0.3) is 11.0 Å². The Hall–Kier alpha value is -2.45. The number of carbonyl (C=O) groups is 2. The highest BCUT2D eigenvalue weighted by molar-refractivity contribution is 6.01. The van der Waals surface area contributed by atoms with Gasteiger partial charge in [-0.2, -0.15) is 0 Å². The Bertz CT molecular complexity index is 1060. The van der Waals surface area contributed by atoms with Gasteiger partial charge >= 0.3 is 0 Å². The number of ether oxygens (including phenoxy) is 1. The predicted octanol–water partition coefficient (Wildman–Crippen LogP) is 2.52. The molecule has 2 aromatic rings. The van der Waals surface area contributed by atoms with Crippen molar-refractivity contribution in [2.75, 3.05) is 39.4 Å². The van der Waals surface area contributed by atoms with E-state index >= 15 is 0 Å². The molecule has 2 fully saturated rings. The molecule has 0 radical (unpaired) electrons. The van der Waals surface area contributed by atoms with Gasteiger partial charge in [-0.15, -0.1) is 0 Å². The molecule has 184 valence electrons. The van der Waals surface area contributed by atoms with E-state index in [-0.39, 0.29) is 17.9 Å². The molecule has 5 rings (SSSR count). The van der Waals surface area contributed by atoms with Crippen molar-refractivity contribution in [2.45, 2.75) is 58.2 Å². The maximum absolute atomic E-state index is 13.9. The molecule has 2 amide bonds. The van der Waals surface area contributed by atoms with Crippen molar-refractivity contribution < 1.29 is 14.3 Å². The van der Waals surface area contributed by atoms with Gasteiger partial charge in [0.2, 0.25) is 5.91 Å². The molecule has 1 saturated heterocycles. The fourth-order valence-electron chi connectivity index (χ4n) is 5.86. The van der Waals surface area contributed by atoms with Crippen LogP contribution in [0.4, 0.5) is 0 Å². The zero-order valence-electron chi connectivity index (χ0n) is 20.6. The molecule has 1 aromatic carbocycles. The lowest BCUT2D eigenvalue weighted by molar-refractivity contribution is -0.134. The normalized spacial score (nSPS) is 30.4. The van der Waals surface area contributed by atoms with Crippen molar-refractivity contribution in [2.24, 2.45) is 11.8 Å². The zero-order chi connectivity index (χ0) is 23.9. The number of morpholine rings is 1. The zero-order valence-corrected chi connectivity index (χ0v) is 20.6. The molecule has 3 heterocycles. The molecule has 1 saturated carbocycles. The third-order valence-corrected chi connectivity index (χ3v) is 8.41. The Kier molecular flexibility index (Phi) is 6.37. The number of nitrogens with one attached hydrogen (secondary N) is 1. The summed E-state index contributed by atoms with van der Waals surface area (Å²) in [5.74, 6) is 1.21. The van der Waals surface area contributed by atoms with E-state index in [9.17, 15) is 9.59 Å². The lowest BCUT2D eigenvalue weighted by Crippen LogP contribution is -2.66. The van der Waals surface area contributed by atoms with Crippen LogP contribution in [0.15, 0.2) is 24.3 Å². The Morgan fingerprint density at radius 3 is 2.74 bits per heavy atom. The second-order valence-electron chi connectivity index (χ2n) is 10.5. The van der Waals surface area contributed by atoms with Crippen LogP contribution in [0.1, 0.15) is 50.7 Å². The van der Waals surface area contributed by atoms with Crippen molar-refractivity contribution in [1.82, 2.24) is 24.7 Å². The first-order valence-electron chi connectivity index (χ1n) is 12.8. The van der Waals surface area contributed by atoms with Crippen molar-refractivity contribution in [1.29, 1.82) is 0 Å². The number of rotatable bonds is 5. The molecule has 2 aliphatic heterocycles. The number of hydrogen-bond acceptors (Lipinski definition) is 5. The molecular weight excluding hydrogens is 430 g/mol. The van der Waals surface area contributed by atoms with Gasteiger partial charge in [-0.3, -0.25) is 14.5 Å². The molecule has 0 bridgehead atoms. The minimum atomic E-state index is -0.986. The number of nitrogens with zero attached hydrogens (tertiary/aromatic N) is 4.